The summed E-state index contributed by atoms with van der Waals surface area (Å²) in [5, 5.41) is 30.0. The van der Waals surface area contributed by atoms with E-state index in [9.17, 15) is 44.1 Å². The van der Waals surface area contributed by atoms with Crippen LogP contribution in [0.25, 0.3) is 0 Å². The van der Waals surface area contributed by atoms with Gasteiger partial charge in [0.05, 0.1) is 0 Å². The Hall–Kier alpha value is -2.05. The van der Waals surface area contributed by atoms with Crippen LogP contribution in [0, 0.1) is 17.8 Å². The second-order valence-electron chi connectivity index (χ2n) is 7.59. The molecule has 10 heteroatoms. The van der Waals surface area contributed by atoms with Crippen molar-refractivity contribution >= 4 is 52.6 Å². The van der Waals surface area contributed by atoms with Crippen LogP contribution >= 0.6 is 0 Å². The van der Waals surface area contributed by atoms with Gasteiger partial charge in [-0.15, -0.1) is 0 Å². The summed E-state index contributed by atoms with van der Waals surface area (Å²) < 4.78 is 0. The molecular weight excluding hydrogens is 459 g/mol. The Bertz CT molecular complexity index is 534. The first kappa shape index (κ1) is 39.2. The van der Waals surface area contributed by atoms with Crippen molar-refractivity contribution in [3.8, 4) is 0 Å². The topological polar surface area (TPSA) is 172 Å². The van der Waals surface area contributed by atoms with Gasteiger partial charge in [0.2, 0.25) is 0 Å². The first-order chi connectivity index (χ1) is 15.3. The normalized spacial score (nSPS) is 9.79. The number of hydrogen-bond donors (Lipinski definition) is 0. The summed E-state index contributed by atoms with van der Waals surface area (Å²) in [6.07, 6.45) is 2.95. The number of carbonyl (C=O) groups is 6. The van der Waals surface area contributed by atoms with Crippen molar-refractivity contribution in [1.29, 1.82) is 0 Å². The van der Waals surface area contributed by atoms with Crippen LogP contribution in [0.4, 0.5) is 0 Å². The molecule has 0 saturated heterocycles. The third-order valence-corrected chi connectivity index (χ3v) is 5.28. The van der Waals surface area contributed by atoms with Crippen LogP contribution in [0.3, 0.4) is 0 Å². The number of hydrogen-bond acceptors (Lipinski definition) is 9. The summed E-state index contributed by atoms with van der Waals surface area (Å²) in [5.41, 5.74) is 0. The van der Waals surface area contributed by atoms with E-state index in [0.717, 1.165) is 0 Å². The summed E-state index contributed by atoms with van der Waals surface area (Å²) >= 11 is 0. The minimum atomic E-state index is -1.28. The molecule has 0 aliphatic rings. The smallest absolute Gasteiger partial charge is 0.550 e. The van der Waals surface area contributed by atoms with Gasteiger partial charge in [-0.3, -0.25) is 14.4 Å². The van der Waals surface area contributed by atoms with Crippen LogP contribution in [0.2, 0.25) is 0 Å². The Morgan fingerprint density at radius 1 is 0.441 bits per heavy atom. The van der Waals surface area contributed by atoms with E-state index in [4.69, 9.17) is 0 Å². The molecule has 9 nitrogen and oxygen atoms in total. The molecule has 0 atom stereocenters. The van der Waals surface area contributed by atoms with Gasteiger partial charge in [0.1, 0.15) is 17.3 Å². The third kappa shape index (κ3) is 21.8. The van der Waals surface area contributed by atoms with E-state index in [1.54, 1.807) is 0 Å². The molecule has 0 saturated carbocycles. The second-order valence-corrected chi connectivity index (χ2v) is 7.59. The minimum absolute atomic E-state index is 0. The average molecular weight is 499 g/mol. The Kier molecular flexibility index (Phi) is 27.8. The van der Waals surface area contributed by atoms with E-state index < -0.39 is 37.2 Å². The number of Topliss-reactive ketones (excluding diaryl/α,β-unsaturated/α-hetero) is 3. The Morgan fingerprint density at radius 3 is 0.676 bits per heavy atom. The van der Waals surface area contributed by atoms with Crippen molar-refractivity contribution in [3.63, 3.8) is 0 Å². The van der Waals surface area contributed by atoms with Crippen molar-refractivity contribution in [3.05, 3.63) is 0 Å². The maximum atomic E-state index is 11.0. The van der Waals surface area contributed by atoms with E-state index in [0.29, 0.717) is 38.5 Å². The number of ketones is 3. The quantitative estimate of drug-likeness (QED) is 0.223. The summed E-state index contributed by atoms with van der Waals surface area (Å²) in [6.45, 7) is 11.3. The van der Waals surface area contributed by atoms with E-state index in [-0.39, 0.29) is 52.5 Å². The van der Waals surface area contributed by atoms with Gasteiger partial charge < -0.3 is 29.7 Å². The van der Waals surface area contributed by atoms with E-state index in [2.05, 4.69) is 0 Å². The SMILES string of the molecule is CCC(CC)C(=O)CC(=O)[O-].CCC(CC)C(=O)CC(=O)[O-].CCC(CC)C(=O)CC(=O)[O-].[Al+3]. The molecule has 0 aromatic rings. The largest absolute Gasteiger partial charge is 3.00 e. The first-order valence-electron chi connectivity index (χ1n) is 11.5. The monoisotopic (exact) mass is 498 g/mol. The van der Waals surface area contributed by atoms with Gasteiger partial charge in [-0.25, -0.2) is 0 Å². The maximum absolute atomic E-state index is 11.0. The molecule has 0 spiro atoms. The van der Waals surface area contributed by atoms with Crippen molar-refractivity contribution in [1.82, 2.24) is 0 Å². The summed E-state index contributed by atoms with van der Waals surface area (Å²) in [6, 6.07) is 0. The van der Waals surface area contributed by atoms with Crippen LogP contribution in [-0.4, -0.2) is 52.6 Å². The van der Waals surface area contributed by atoms with Gasteiger partial charge in [0, 0.05) is 54.9 Å². The molecule has 0 N–H and O–H groups in total. The summed E-state index contributed by atoms with van der Waals surface area (Å²) in [5.74, 6) is -4.78. The standard InChI is InChI=1S/3C8H14O3.Al/c3*1-3-6(4-2)7(9)5-8(10)11;/h3*6H,3-5H2,1-2H3,(H,10,11);/q;;;+3/p-3. The molecule has 0 bridgehead atoms. The number of carboxylic acid groups (broad SMARTS) is 3. The zero-order valence-corrected chi connectivity index (χ0v) is 22.5. The first-order valence-corrected chi connectivity index (χ1v) is 11.5. The fraction of sp³-hybridized carbons (Fsp3) is 0.750. The van der Waals surface area contributed by atoms with Gasteiger partial charge in [0.15, 0.2) is 0 Å². The molecule has 0 heterocycles. The predicted molar refractivity (Wildman–Crippen MR) is 122 cm³/mol. The Labute approximate surface area is 213 Å². The zero-order valence-electron chi connectivity index (χ0n) is 21.3. The van der Waals surface area contributed by atoms with Crippen molar-refractivity contribution in [2.75, 3.05) is 0 Å². The predicted octanol–water partition coefficient (Wildman–Crippen LogP) is 0.0143. The van der Waals surface area contributed by atoms with Gasteiger partial charge in [-0.05, 0) is 38.5 Å². The van der Waals surface area contributed by atoms with Crippen LogP contribution in [-0.2, 0) is 28.8 Å². The van der Waals surface area contributed by atoms with Crippen molar-refractivity contribution < 1.29 is 44.1 Å². The molecule has 0 unspecified atom stereocenters. The summed E-state index contributed by atoms with van der Waals surface area (Å²) in [4.78, 5) is 63.0. The van der Waals surface area contributed by atoms with E-state index in [1.807, 2.05) is 41.5 Å². The molecule has 0 amide bonds. The van der Waals surface area contributed by atoms with E-state index in [1.165, 1.54) is 0 Å². The molecule has 0 aliphatic heterocycles. The summed E-state index contributed by atoms with van der Waals surface area (Å²) in [7, 11) is 0. The van der Waals surface area contributed by atoms with Crippen LogP contribution in [0.15, 0.2) is 0 Å². The Morgan fingerprint density at radius 2 is 0.588 bits per heavy atom. The zero-order chi connectivity index (χ0) is 26.6. The molecular formula is C24H39AlO9. The number of carbonyl (C=O) groups excluding carboxylic acids is 6. The van der Waals surface area contributed by atoms with Crippen LogP contribution in [0.5, 0.6) is 0 Å². The molecule has 0 radical (unpaired) electrons. The third-order valence-electron chi connectivity index (χ3n) is 5.28. The average Bonchev–Trinajstić information content (AvgIpc) is 2.70. The number of aliphatic carboxylic acids is 3. The molecule has 34 heavy (non-hydrogen) atoms. The molecule has 0 fully saturated rings. The maximum Gasteiger partial charge on any atom is 3.00 e. The molecule has 0 aliphatic carbocycles. The van der Waals surface area contributed by atoms with Crippen LogP contribution in [0.1, 0.15) is 99.3 Å². The van der Waals surface area contributed by atoms with E-state index >= 15 is 0 Å². The van der Waals surface area contributed by atoms with Crippen LogP contribution < -0.4 is 15.3 Å². The molecule has 0 rings (SSSR count). The minimum Gasteiger partial charge on any atom is -0.550 e. The van der Waals surface area contributed by atoms with Crippen molar-refractivity contribution in [2.45, 2.75) is 99.3 Å². The van der Waals surface area contributed by atoms with Gasteiger partial charge >= 0.3 is 17.4 Å². The molecule has 0 aromatic carbocycles. The molecule has 0 aromatic heterocycles. The molecule has 192 valence electrons. The van der Waals surface area contributed by atoms with Gasteiger partial charge in [-0.2, -0.15) is 0 Å². The number of rotatable bonds is 15. The fourth-order valence-corrected chi connectivity index (χ4v) is 3.09. The van der Waals surface area contributed by atoms with Gasteiger partial charge in [0.25, 0.3) is 0 Å². The van der Waals surface area contributed by atoms with Crippen molar-refractivity contribution in [2.24, 2.45) is 17.8 Å². The number of carboxylic acids is 3. The second kappa shape index (κ2) is 24.1. The fourth-order valence-electron chi connectivity index (χ4n) is 3.09. The van der Waals surface area contributed by atoms with Gasteiger partial charge in [-0.1, -0.05) is 41.5 Å². The Balaban J connectivity index is -0.000000196.